The second kappa shape index (κ2) is 6.30. The standard InChI is InChI=1S/C13H16ClN3O2S/c1-2-15-8-12-7-13(9-16-12)20(18,19)17-11-5-3-10(14)4-6-11/h3-7,9,15-17H,2,8H2,1H3. The number of aromatic nitrogens is 1. The molecule has 7 heteroatoms. The Bertz CT molecular complexity index is 665. The Kier molecular flexibility index (Phi) is 4.69. The van der Waals surface area contributed by atoms with Crippen LogP contribution in [0.4, 0.5) is 5.69 Å². The molecule has 0 atom stereocenters. The summed E-state index contributed by atoms with van der Waals surface area (Å²) in [6, 6.07) is 8.11. The number of anilines is 1. The Hall–Kier alpha value is -1.50. The lowest BCUT2D eigenvalue weighted by molar-refractivity contribution is 0.601. The van der Waals surface area contributed by atoms with Gasteiger partial charge in [-0.2, -0.15) is 0 Å². The molecule has 1 heterocycles. The maximum Gasteiger partial charge on any atom is 0.263 e. The minimum absolute atomic E-state index is 0.209. The van der Waals surface area contributed by atoms with E-state index in [2.05, 4.69) is 15.0 Å². The highest BCUT2D eigenvalue weighted by Gasteiger charge is 2.16. The lowest BCUT2D eigenvalue weighted by atomic mass is 10.3. The van der Waals surface area contributed by atoms with Crippen LogP contribution in [0.1, 0.15) is 12.6 Å². The number of nitrogens with one attached hydrogen (secondary N) is 3. The molecule has 0 aliphatic heterocycles. The first-order chi connectivity index (χ1) is 9.51. The molecule has 20 heavy (non-hydrogen) atoms. The molecule has 1 aromatic carbocycles. The number of hydrogen-bond acceptors (Lipinski definition) is 3. The molecule has 0 aliphatic carbocycles. The van der Waals surface area contributed by atoms with Crippen molar-refractivity contribution in [2.45, 2.75) is 18.4 Å². The zero-order valence-corrected chi connectivity index (χ0v) is 12.6. The molecule has 5 nitrogen and oxygen atoms in total. The van der Waals surface area contributed by atoms with Crippen molar-refractivity contribution in [3.8, 4) is 0 Å². The molecule has 2 aromatic rings. The van der Waals surface area contributed by atoms with Gasteiger partial charge in [0, 0.05) is 29.1 Å². The third-order valence-electron chi connectivity index (χ3n) is 2.69. The zero-order valence-electron chi connectivity index (χ0n) is 11.0. The summed E-state index contributed by atoms with van der Waals surface area (Å²) in [6.07, 6.45) is 1.48. The second-order valence-electron chi connectivity index (χ2n) is 4.25. The van der Waals surface area contributed by atoms with Crippen LogP contribution in [0.15, 0.2) is 41.4 Å². The second-order valence-corrected chi connectivity index (χ2v) is 6.37. The average Bonchev–Trinajstić information content (AvgIpc) is 2.88. The van der Waals surface area contributed by atoms with Crippen molar-refractivity contribution in [1.82, 2.24) is 10.3 Å². The van der Waals surface area contributed by atoms with E-state index in [4.69, 9.17) is 11.6 Å². The van der Waals surface area contributed by atoms with Crippen LogP contribution in [-0.4, -0.2) is 19.9 Å². The van der Waals surface area contributed by atoms with Gasteiger partial charge in [0.05, 0.1) is 0 Å². The van der Waals surface area contributed by atoms with Crippen LogP contribution in [0.5, 0.6) is 0 Å². The Morgan fingerprint density at radius 1 is 1.25 bits per heavy atom. The first-order valence-corrected chi connectivity index (χ1v) is 8.04. The predicted octanol–water partition coefficient (Wildman–Crippen LogP) is 2.58. The summed E-state index contributed by atoms with van der Waals surface area (Å²) >= 11 is 5.76. The Labute approximate surface area is 123 Å². The molecule has 0 aliphatic rings. The molecule has 0 spiro atoms. The first kappa shape index (κ1) is 14.9. The summed E-state index contributed by atoms with van der Waals surface area (Å²) in [6.45, 7) is 3.42. The molecule has 0 saturated carbocycles. The normalized spacial score (nSPS) is 11.5. The van der Waals surface area contributed by atoms with E-state index in [9.17, 15) is 8.42 Å². The lowest BCUT2D eigenvalue weighted by Gasteiger charge is -2.06. The molecule has 0 saturated heterocycles. The molecular formula is C13H16ClN3O2S. The van der Waals surface area contributed by atoms with Crippen LogP contribution in [0.2, 0.25) is 5.02 Å². The Morgan fingerprint density at radius 2 is 1.95 bits per heavy atom. The first-order valence-electron chi connectivity index (χ1n) is 6.17. The fourth-order valence-electron chi connectivity index (χ4n) is 1.67. The van der Waals surface area contributed by atoms with Gasteiger partial charge >= 0.3 is 0 Å². The van der Waals surface area contributed by atoms with Crippen LogP contribution in [-0.2, 0) is 16.6 Å². The highest BCUT2D eigenvalue weighted by atomic mass is 35.5. The van der Waals surface area contributed by atoms with Crippen LogP contribution in [0, 0.1) is 0 Å². The number of halogens is 1. The summed E-state index contributed by atoms with van der Waals surface area (Å²) in [7, 11) is -3.58. The van der Waals surface area contributed by atoms with Gasteiger partial charge in [0.25, 0.3) is 10.0 Å². The van der Waals surface area contributed by atoms with Gasteiger partial charge in [-0.25, -0.2) is 8.42 Å². The fraction of sp³-hybridized carbons (Fsp3) is 0.231. The average molecular weight is 314 g/mol. The van der Waals surface area contributed by atoms with E-state index in [-0.39, 0.29) is 4.90 Å². The van der Waals surface area contributed by atoms with E-state index < -0.39 is 10.0 Å². The predicted molar refractivity (Wildman–Crippen MR) is 80.4 cm³/mol. The van der Waals surface area contributed by atoms with E-state index in [0.29, 0.717) is 17.3 Å². The van der Waals surface area contributed by atoms with Crippen molar-refractivity contribution >= 4 is 27.3 Å². The van der Waals surface area contributed by atoms with Gasteiger partial charge in [0.15, 0.2) is 0 Å². The number of H-pyrrole nitrogens is 1. The summed E-state index contributed by atoms with van der Waals surface area (Å²) in [5.41, 5.74) is 1.30. The van der Waals surface area contributed by atoms with Crippen molar-refractivity contribution in [1.29, 1.82) is 0 Å². The fourth-order valence-corrected chi connectivity index (χ4v) is 2.87. The number of sulfonamides is 1. The molecule has 0 bridgehead atoms. The van der Waals surface area contributed by atoms with E-state index in [1.54, 1.807) is 30.3 Å². The Morgan fingerprint density at radius 3 is 2.60 bits per heavy atom. The molecule has 2 rings (SSSR count). The number of benzene rings is 1. The van der Waals surface area contributed by atoms with Gasteiger partial charge in [-0.05, 0) is 36.9 Å². The highest BCUT2D eigenvalue weighted by Crippen LogP contribution is 2.18. The quantitative estimate of drug-likeness (QED) is 0.767. The van der Waals surface area contributed by atoms with E-state index in [1.165, 1.54) is 6.20 Å². The molecular weight excluding hydrogens is 298 g/mol. The molecule has 0 amide bonds. The monoisotopic (exact) mass is 313 g/mol. The summed E-state index contributed by atoms with van der Waals surface area (Å²) in [4.78, 5) is 3.15. The van der Waals surface area contributed by atoms with Crippen LogP contribution in [0.25, 0.3) is 0 Å². The molecule has 0 fully saturated rings. The Balaban J connectivity index is 2.13. The molecule has 0 radical (unpaired) electrons. The van der Waals surface area contributed by atoms with Crippen LogP contribution >= 0.6 is 11.6 Å². The van der Waals surface area contributed by atoms with E-state index in [1.807, 2.05) is 6.92 Å². The van der Waals surface area contributed by atoms with Crippen LogP contribution < -0.4 is 10.0 Å². The molecule has 1 aromatic heterocycles. The van der Waals surface area contributed by atoms with Crippen molar-refractivity contribution in [3.05, 3.63) is 47.2 Å². The number of rotatable bonds is 6. The van der Waals surface area contributed by atoms with Gasteiger partial charge in [0.1, 0.15) is 4.90 Å². The van der Waals surface area contributed by atoms with Crippen molar-refractivity contribution in [2.75, 3.05) is 11.3 Å². The van der Waals surface area contributed by atoms with Crippen molar-refractivity contribution in [2.24, 2.45) is 0 Å². The summed E-state index contributed by atoms with van der Waals surface area (Å²) in [5, 5.41) is 3.68. The largest absolute Gasteiger partial charge is 0.363 e. The third kappa shape index (κ3) is 3.75. The SMILES string of the molecule is CCNCc1cc(S(=O)(=O)Nc2ccc(Cl)cc2)c[nH]1. The topological polar surface area (TPSA) is 74.0 Å². The van der Waals surface area contributed by atoms with Crippen molar-refractivity contribution in [3.63, 3.8) is 0 Å². The van der Waals surface area contributed by atoms with Gasteiger partial charge in [-0.3, -0.25) is 4.72 Å². The van der Waals surface area contributed by atoms with Gasteiger partial charge < -0.3 is 10.3 Å². The zero-order chi connectivity index (χ0) is 14.6. The van der Waals surface area contributed by atoms with Gasteiger partial charge in [-0.1, -0.05) is 18.5 Å². The minimum atomic E-state index is -3.58. The third-order valence-corrected chi connectivity index (χ3v) is 4.30. The molecule has 108 valence electrons. The number of aromatic amines is 1. The maximum absolute atomic E-state index is 12.2. The van der Waals surface area contributed by atoms with Crippen molar-refractivity contribution < 1.29 is 8.42 Å². The number of hydrogen-bond donors (Lipinski definition) is 3. The maximum atomic E-state index is 12.2. The van der Waals surface area contributed by atoms with Crippen LogP contribution in [0.3, 0.4) is 0 Å². The van der Waals surface area contributed by atoms with E-state index >= 15 is 0 Å². The smallest absolute Gasteiger partial charge is 0.263 e. The molecule has 3 N–H and O–H groups in total. The highest BCUT2D eigenvalue weighted by molar-refractivity contribution is 7.92. The lowest BCUT2D eigenvalue weighted by Crippen LogP contribution is -2.13. The summed E-state index contributed by atoms with van der Waals surface area (Å²) in [5.74, 6) is 0. The minimum Gasteiger partial charge on any atom is -0.363 e. The van der Waals surface area contributed by atoms with Gasteiger partial charge in [0.2, 0.25) is 0 Å². The summed E-state index contributed by atoms with van der Waals surface area (Å²) < 4.78 is 26.9. The molecule has 0 unspecified atom stereocenters. The van der Waals surface area contributed by atoms with Gasteiger partial charge in [-0.15, -0.1) is 0 Å². The van der Waals surface area contributed by atoms with E-state index in [0.717, 1.165) is 12.2 Å².